The summed E-state index contributed by atoms with van der Waals surface area (Å²) in [6, 6.07) is 0. The molecule has 0 atom stereocenters. The molecule has 1 radical (unpaired) electrons. The number of hydrogen-bond acceptors (Lipinski definition) is 3. The molecule has 3 nitrogen and oxygen atoms in total. The second-order valence-electron chi connectivity index (χ2n) is 0.823. The zero-order valence-electron chi connectivity index (χ0n) is 4.38. The van der Waals surface area contributed by atoms with Crippen molar-refractivity contribution >= 4 is 12.3 Å². The van der Waals surface area contributed by atoms with E-state index in [1.54, 1.807) is 6.92 Å². The van der Waals surface area contributed by atoms with Gasteiger partial charge in [-0.2, -0.15) is 6.29 Å². The van der Waals surface area contributed by atoms with Crippen LogP contribution in [0, 0.1) is 0 Å². The van der Waals surface area contributed by atoms with E-state index in [0.29, 0.717) is 0 Å². The Morgan fingerprint density at radius 1 is 1.75 bits per heavy atom. The summed E-state index contributed by atoms with van der Waals surface area (Å²) in [6.45, 7) is 1.85. The van der Waals surface area contributed by atoms with E-state index >= 15 is 0 Å². The van der Waals surface area contributed by atoms with Gasteiger partial charge in [-0.05, 0) is 6.92 Å². The third-order valence-electron chi connectivity index (χ3n) is 0.359. The predicted molar refractivity (Wildman–Crippen MR) is 22.3 cm³/mol. The minimum atomic E-state index is -0.928. The monoisotopic (exact) mass is 152 g/mol. The smallest absolute Gasteiger partial charge is 0.531 e. The average molecular weight is 152 g/mol. The molecule has 0 bridgehead atoms. The fraction of sp³-hybridized carbons (Fsp3) is 0.500. The Bertz CT molecular complexity index is 81.4. The fourth-order valence-electron chi connectivity index (χ4n) is 0.161. The molecule has 0 heterocycles. The molecule has 0 rings (SSSR count). The summed E-state index contributed by atoms with van der Waals surface area (Å²) in [6.07, 6.45) is 1.05. The second kappa shape index (κ2) is 6.72. The van der Waals surface area contributed by atoms with Crippen LogP contribution in [0.4, 0.5) is 0 Å². The van der Waals surface area contributed by atoms with Crippen LogP contribution in [-0.4, -0.2) is 18.9 Å². The summed E-state index contributed by atoms with van der Waals surface area (Å²) in [5.74, 6) is -0.928. The van der Waals surface area contributed by atoms with Crippen LogP contribution >= 0.6 is 0 Å². The summed E-state index contributed by atoms with van der Waals surface area (Å²) >= 11 is 0. The van der Waals surface area contributed by atoms with Gasteiger partial charge in [0.15, 0.2) is 5.97 Å². The Morgan fingerprint density at radius 2 is 2.25 bits per heavy atom. The van der Waals surface area contributed by atoms with Gasteiger partial charge in [-0.3, -0.25) is 4.79 Å². The molecule has 0 aromatic heterocycles. The van der Waals surface area contributed by atoms with Crippen LogP contribution in [0.5, 0.6) is 0 Å². The minimum Gasteiger partial charge on any atom is -0.531 e. The number of carbonyl (C=O) groups excluding carboxylic acids is 2. The molecule has 0 fully saturated rings. The second-order valence-corrected chi connectivity index (χ2v) is 0.823. The van der Waals surface area contributed by atoms with Gasteiger partial charge in [-0.25, -0.2) is 0 Å². The molecule has 0 aliphatic rings. The molecule has 0 aromatic carbocycles. The first kappa shape index (κ1) is 10.7. The van der Waals surface area contributed by atoms with Gasteiger partial charge in [0, 0.05) is 0 Å². The van der Waals surface area contributed by atoms with Gasteiger partial charge in [0.05, 0.1) is 6.61 Å². The van der Waals surface area contributed by atoms with Crippen LogP contribution in [0.3, 0.4) is 0 Å². The third kappa shape index (κ3) is 5.72. The Morgan fingerprint density at radius 3 is 2.38 bits per heavy atom. The van der Waals surface area contributed by atoms with Crippen LogP contribution in [0.25, 0.3) is 0 Å². The molecule has 0 spiro atoms. The van der Waals surface area contributed by atoms with Crippen LogP contribution in [0.15, 0.2) is 0 Å². The van der Waals surface area contributed by atoms with E-state index in [2.05, 4.69) is 4.74 Å². The standard InChI is InChI=1S/C4H5O3.V/c1-2-7-4(6)3-5;/h2H2,1H3;/q-1;+2. The average Bonchev–Trinajstić information content (AvgIpc) is 1.68. The summed E-state index contributed by atoms with van der Waals surface area (Å²) in [4.78, 5) is 19.1. The van der Waals surface area contributed by atoms with Gasteiger partial charge in [0.25, 0.3) is 0 Å². The molecular formula is C4H5O3V+. The Hall–Kier alpha value is -0.276. The van der Waals surface area contributed by atoms with Gasteiger partial charge in [0.2, 0.25) is 0 Å². The quantitative estimate of drug-likeness (QED) is 0.308. The molecule has 4 heteroatoms. The summed E-state index contributed by atoms with van der Waals surface area (Å²) in [7, 11) is 0. The Labute approximate surface area is 59.3 Å². The molecule has 0 aliphatic carbocycles. The van der Waals surface area contributed by atoms with Crippen molar-refractivity contribution in [1.29, 1.82) is 0 Å². The molecule has 43 valence electrons. The molecule has 0 aromatic rings. The van der Waals surface area contributed by atoms with Crippen LogP contribution < -0.4 is 0 Å². The number of rotatable bonds is 2. The van der Waals surface area contributed by atoms with E-state index in [0.717, 1.165) is 6.29 Å². The first-order valence-corrected chi connectivity index (χ1v) is 1.86. The maximum atomic E-state index is 9.77. The van der Waals surface area contributed by atoms with E-state index in [1.807, 2.05) is 0 Å². The van der Waals surface area contributed by atoms with Crippen molar-refractivity contribution in [2.75, 3.05) is 6.61 Å². The van der Waals surface area contributed by atoms with Crippen molar-refractivity contribution in [2.24, 2.45) is 0 Å². The van der Waals surface area contributed by atoms with E-state index < -0.39 is 5.97 Å². The minimum absolute atomic E-state index is 0. The molecular weight excluding hydrogens is 147 g/mol. The molecule has 0 aliphatic heterocycles. The van der Waals surface area contributed by atoms with Crippen molar-refractivity contribution in [2.45, 2.75) is 6.92 Å². The first-order valence-electron chi connectivity index (χ1n) is 1.86. The van der Waals surface area contributed by atoms with Gasteiger partial charge in [0.1, 0.15) is 0 Å². The van der Waals surface area contributed by atoms with Crippen molar-refractivity contribution in [3.8, 4) is 0 Å². The maximum absolute atomic E-state index is 9.77. The molecule has 0 saturated heterocycles. The summed E-state index contributed by atoms with van der Waals surface area (Å²) < 4.78 is 4.13. The van der Waals surface area contributed by atoms with E-state index in [4.69, 9.17) is 0 Å². The van der Waals surface area contributed by atoms with Crippen molar-refractivity contribution in [1.82, 2.24) is 0 Å². The zero-order valence-corrected chi connectivity index (χ0v) is 5.78. The largest absolute Gasteiger partial charge is 2.00 e. The number of ether oxygens (including phenoxy) is 1. The maximum Gasteiger partial charge on any atom is 2.00 e. The van der Waals surface area contributed by atoms with Crippen molar-refractivity contribution in [3.63, 3.8) is 0 Å². The number of carbonyl (C=O) groups is 1. The van der Waals surface area contributed by atoms with Crippen LogP contribution in [0.2, 0.25) is 0 Å². The summed E-state index contributed by atoms with van der Waals surface area (Å²) in [5, 5.41) is 0. The topological polar surface area (TPSA) is 43.4 Å². The SMILES string of the molecule is CCOC(=O)[C-]=O.[V+2]. The Balaban J connectivity index is 0. The van der Waals surface area contributed by atoms with Gasteiger partial charge >= 0.3 is 18.6 Å². The fourth-order valence-corrected chi connectivity index (χ4v) is 0.161. The molecule has 8 heavy (non-hydrogen) atoms. The zero-order chi connectivity index (χ0) is 5.70. The predicted octanol–water partition coefficient (Wildman–Crippen LogP) is -0.343. The van der Waals surface area contributed by atoms with Crippen molar-refractivity contribution < 1.29 is 32.9 Å². The van der Waals surface area contributed by atoms with Gasteiger partial charge in [-0.15, -0.1) is 0 Å². The van der Waals surface area contributed by atoms with Gasteiger partial charge < -0.3 is 9.53 Å². The molecule has 0 saturated carbocycles. The van der Waals surface area contributed by atoms with Crippen LogP contribution in [-0.2, 0) is 32.9 Å². The molecule has 0 N–H and O–H groups in total. The van der Waals surface area contributed by atoms with Gasteiger partial charge in [-0.1, -0.05) is 0 Å². The third-order valence-corrected chi connectivity index (χ3v) is 0.359. The Kier molecular flexibility index (Phi) is 8.96. The van der Waals surface area contributed by atoms with E-state index in [1.165, 1.54) is 0 Å². The molecule has 0 amide bonds. The first-order chi connectivity index (χ1) is 3.31. The van der Waals surface area contributed by atoms with Crippen LogP contribution in [0.1, 0.15) is 6.92 Å². The summed E-state index contributed by atoms with van der Waals surface area (Å²) in [5.41, 5.74) is 0. The normalized spacial score (nSPS) is 6.62. The van der Waals surface area contributed by atoms with Crippen molar-refractivity contribution in [3.05, 3.63) is 0 Å². The number of hydrogen-bond donors (Lipinski definition) is 0. The molecule has 0 unspecified atom stereocenters. The van der Waals surface area contributed by atoms with E-state index in [9.17, 15) is 9.59 Å². The number of esters is 1. The van der Waals surface area contributed by atoms with E-state index in [-0.39, 0.29) is 25.2 Å².